The first kappa shape index (κ1) is 14.5. The Morgan fingerprint density at radius 1 is 1.45 bits per heavy atom. The van der Waals surface area contributed by atoms with Gasteiger partial charge in [-0.15, -0.1) is 11.3 Å². The first-order chi connectivity index (χ1) is 10.6. The zero-order chi connectivity index (χ0) is 15.7. The van der Waals surface area contributed by atoms with Gasteiger partial charge in [-0.1, -0.05) is 6.07 Å². The molecule has 0 saturated carbocycles. The zero-order valence-electron chi connectivity index (χ0n) is 12.2. The average Bonchev–Trinajstić information content (AvgIpc) is 3.03. The van der Waals surface area contributed by atoms with E-state index in [0.29, 0.717) is 10.6 Å². The maximum absolute atomic E-state index is 12.2. The molecule has 0 radical (unpaired) electrons. The highest BCUT2D eigenvalue weighted by atomic mass is 32.1. The average molecular weight is 313 g/mol. The summed E-state index contributed by atoms with van der Waals surface area (Å²) in [4.78, 5) is 25.1. The number of aromatic nitrogens is 1. The zero-order valence-corrected chi connectivity index (χ0v) is 13.0. The molecule has 1 N–H and O–H groups in total. The van der Waals surface area contributed by atoms with Crippen LogP contribution >= 0.6 is 11.3 Å². The van der Waals surface area contributed by atoms with Gasteiger partial charge in [0.25, 0.3) is 5.56 Å². The largest absolute Gasteiger partial charge is 0.315 e. The third-order valence-electron chi connectivity index (χ3n) is 3.73. The monoisotopic (exact) mass is 313 g/mol. The van der Waals surface area contributed by atoms with Crippen molar-refractivity contribution < 1.29 is 4.79 Å². The number of fused-ring (bicyclic) bond motifs is 1. The van der Waals surface area contributed by atoms with Crippen molar-refractivity contribution in [3.8, 4) is 6.07 Å². The van der Waals surface area contributed by atoms with Crippen molar-refractivity contribution in [3.63, 3.8) is 0 Å². The van der Waals surface area contributed by atoms with E-state index in [2.05, 4.69) is 11.4 Å². The molecular formula is C16H15N3O2S. The summed E-state index contributed by atoms with van der Waals surface area (Å²) in [7, 11) is 0. The molecular weight excluding hydrogens is 298 g/mol. The van der Waals surface area contributed by atoms with Crippen LogP contribution in [0.1, 0.15) is 28.0 Å². The van der Waals surface area contributed by atoms with Crippen LogP contribution in [0, 0.1) is 18.3 Å². The summed E-state index contributed by atoms with van der Waals surface area (Å²) in [6, 6.07) is 5.36. The van der Waals surface area contributed by atoms with E-state index in [-0.39, 0.29) is 18.0 Å². The van der Waals surface area contributed by atoms with Gasteiger partial charge in [0.1, 0.15) is 17.6 Å². The highest BCUT2D eigenvalue weighted by Gasteiger charge is 2.23. The number of thiophene rings is 1. The number of hydrogen-bond donors (Lipinski definition) is 1. The number of nitrogens with one attached hydrogen (secondary N) is 1. The molecule has 0 spiro atoms. The van der Waals surface area contributed by atoms with Gasteiger partial charge in [0.15, 0.2) is 0 Å². The topological polar surface area (TPSA) is 74.9 Å². The van der Waals surface area contributed by atoms with Crippen molar-refractivity contribution in [2.75, 3.05) is 5.32 Å². The molecule has 3 rings (SSSR count). The molecule has 1 amide bonds. The summed E-state index contributed by atoms with van der Waals surface area (Å²) < 4.78 is 1.37. The number of nitrogens with zero attached hydrogens (tertiary/aromatic N) is 2. The molecule has 0 aliphatic heterocycles. The molecule has 0 bridgehead atoms. The van der Waals surface area contributed by atoms with E-state index >= 15 is 0 Å². The highest BCUT2D eigenvalue weighted by Crippen LogP contribution is 2.38. The van der Waals surface area contributed by atoms with Crippen LogP contribution in [0.3, 0.4) is 0 Å². The van der Waals surface area contributed by atoms with Gasteiger partial charge in [-0.3, -0.25) is 9.59 Å². The van der Waals surface area contributed by atoms with Gasteiger partial charge in [-0.05, 0) is 37.3 Å². The lowest BCUT2D eigenvalue weighted by Crippen LogP contribution is -2.26. The molecule has 0 aromatic carbocycles. The fourth-order valence-electron chi connectivity index (χ4n) is 2.71. The lowest BCUT2D eigenvalue weighted by atomic mass is 10.1. The maximum atomic E-state index is 12.2. The van der Waals surface area contributed by atoms with E-state index in [1.54, 1.807) is 12.3 Å². The molecule has 1 aliphatic carbocycles. The standard InChI is InChI=1S/C16H15N3O2S/c1-10-5-6-15(21)19(8-10)9-14(20)18-16-12(7-17)11-3-2-4-13(11)22-16/h5-6,8H,2-4,9H2,1H3,(H,18,20). The summed E-state index contributed by atoms with van der Waals surface area (Å²) in [5.74, 6) is -0.288. The van der Waals surface area contributed by atoms with Crippen molar-refractivity contribution in [2.24, 2.45) is 0 Å². The number of pyridine rings is 1. The first-order valence-corrected chi connectivity index (χ1v) is 7.91. The lowest BCUT2D eigenvalue weighted by Gasteiger charge is -2.07. The molecule has 6 heteroatoms. The van der Waals surface area contributed by atoms with E-state index in [0.717, 1.165) is 30.4 Å². The van der Waals surface area contributed by atoms with Gasteiger partial charge in [-0.2, -0.15) is 5.26 Å². The molecule has 0 saturated heterocycles. The van der Waals surface area contributed by atoms with Crippen LogP contribution in [-0.4, -0.2) is 10.5 Å². The molecule has 2 aromatic rings. The molecule has 2 aromatic heterocycles. The van der Waals surface area contributed by atoms with Gasteiger partial charge in [0.2, 0.25) is 5.91 Å². The predicted octanol–water partition coefficient (Wildman–Crippen LogP) is 2.22. The number of aryl methyl sites for hydroxylation is 2. The molecule has 22 heavy (non-hydrogen) atoms. The normalized spacial score (nSPS) is 12.7. The molecule has 0 atom stereocenters. The summed E-state index contributed by atoms with van der Waals surface area (Å²) in [6.07, 6.45) is 4.61. The Morgan fingerprint density at radius 2 is 2.27 bits per heavy atom. The Balaban J connectivity index is 1.79. The van der Waals surface area contributed by atoms with Crippen LogP contribution in [0.4, 0.5) is 5.00 Å². The van der Waals surface area contributed by atoms with Crippen molar-refractivity contribution in [2.45, 2.75) is 32.7 Å². The van der Waals surface area contributed by atoms with Crippen LogP contribution in [0.5, 0.6) is 0 Å². The number of nitriles is 1. The van der Waals surface area contributed by atoms with Gasteiger partial charge >= 0.3 is 0 Å². The Labute approximate surface area is 131 Å². The number of rotatable bonds is 3. The Kier molecular flexibility index (Phi) is 3.82. The quantitative estimate of drug-likeness (QED) is 0.944. The predicted molar refractivity (Wildman–Crippen MR) is 85.1 cm³/mol. The minimum Gasteiger partial charge on any atom is -0.315 e. The highest BCUT2D eigenvalue weighted by molar-refractivity contribution is 7.16. The molecule has 0 fully saturated rings. The third-order valence-corrected chi connectivity index (χ3v) is 4.94. The number of carbonyl (C=O) groups is 1. The summed E-state index contributed by atoms with van der Waals surface area (Å²) >= 11 is 1.48. The fraction of sp³-hybridized carbons (Fsp3) is 0.312. The van der Waals surface area contributed by atoms with Gasteiger partial charge in [0, 0.05) is 17.1 Å². The Morgan fingerprint density at radius 3 is 3.05 bits per heavy atom. The molecule has 2 heterocycles. The van der Waals surface area contributed by atoms with Gasteiger partial charge in [0.05, 0.1) is 5.56 Å². The minimum absolute atomic E-state index is 0.0477. The molecule has 5 nitrogen and oxygen atoms in total. The fourth-order valence-corrected chi connectivity index (χ4v) is 3.96. The number of hydrogen-bond acceptors (Lipinski definition) is 4. The Bertz CT molecular complexity index is 842. The second-order valence-electron chi connectivity index (χ2n) is 5.39. The van der Waals surface area contributed by atoms with E-state index < -0.39 is 0 Å². The number of anilines is 1. The molecule has 112 valence electrons. The van der Waals surface area contributed by atoms with Crippen LogP contribution in [-0.2, 0) is 24.2 Å². The molecule has 1 aliphatic rings. The second-order valence-corrected chi connectivity index (χ2v) is 6.50. The summed E-state index contributed by atoms with van der Waals surface area (Å²) in [5.41, 5.74) is 2.37. The summed E-state index contributed by atoms with van der Waals surface area (Å²) in [6.45, 7) is 1.82. The number of amides is 1. The maximum Gasteiger partial charge on any atom is 0.251 e. The van der Waals surface area contributed by atoms with Gasteiger partial charge in [-0.25, -0.2) is 0 Å². The summed E-state index contributed by atoms with van der Waals surface area (Å²) in [5, 5.41) is 12.7. The number of carbonyl (C=O) groups excluding carboxylic acids is 1. The molecule has 0 unspecified atom stereocenters. The van der Waals surface area contributed by atoms with Crippen LogP contribution in [0.25, 0.3) is 0 Å². The third kappa shape index (κ3) is 2.68. The van der Waals surface area contributed by atoms with Crippen molar-refractivity contribution in [3.05, 3.63) is 50.3 Å². The van der Waals surface area contributed by atoms with E-state index in [9.17, 15) is 14.9 Å². The lowest BCUT2D eigenvalue weighted by molar-refractivity contribution is -0.116. The van der Waals surface area contributed by atoms with Crippen molar-refractivity contribution in [1.82, 2.24) is 4.57 Å². The first-order valence-electron chi connectivity index (χ1n) is 7.10. The van der Waals surface area contributed by atoms with E-state index in [1.807, 2.05) is 6.92 Å². The minimum atomic E-state index is -0.288. The van der Waals surface area contributed by atoms with Crippen LogP contribution in [0.15, 0.2) is 23.1 Å². The van der Waals surface area contributed by atoms with Crippen molar-refractivity contribution in [1.29, 1.82) is 5.26 Å². The Hall–Kier alpha value is -2.39. The smallest absolute Gasteiger partial charge is 0.251 e. The van der Waals surface area contributed by atoms with Crippen molar-refractivity contribution >= 4 is 22.2 Å². The second kappa shape index (κ2) is 5.78. The van der Waals surface area contributed by atoms with E-state index in [4.69, 9.17) is 0 Å². The van der Waals surface area contributed by atoms with Crippen LogP contribution in [0.2, 0.25) is 0 Å². The SMILES string of the molecule is Cc1ccc(=O)n(CC(=O)Nc2sc3c(c2C#N)CCC3)c1. The van der Waals surface area contributed by atoms with Crippen LogP contribution < -0.4 is 10.9 Å². The van der Waals surface area contributed by atoms with E-state index in [1.165, 1.54) is 26.8 Å². The van der Waals surface area contributed by atoms with Gasteiger partial charge < -0.3 is 9.88 Å².